The average molecular weight is 513 g/mol. The molecule has 0 aromatic carbocycles. The van der Waals surface area contributed by atoms with E-state index in [1.807, 2.05) is 6.92 Å². The fourth-order valence-corrected chi connectivity index (χ4v) is 3.77. The molecule has 0 aromatic rings. The summed E-state index contributed by atoms with van der Waals surface area (Å²) >= 11 is 0. The summed E-state index contributed by atoms with van der Waals surface area (Å²) in [5.41, 5.74) is 4.82. The van der Waals surface area contributed by atoms with Gasteiger partial charge in [0.2, 0.25) is 23.6 Å². The Hall–Kier alpha value is -2.46. The highest BCUT2D eigenvalue weighted by Gasteiger charge is 2.33. The number of ether oxygens (including phenoxy) is 1. The molecule has 36 heavy (non-hydrogen) atoms. The topological polar surface area (TPSA) is 142 Å². The first-order chi connectivity index (χ1) is 16.7. The Bertz CT molecular complexity index is 742. The van der Waals surface area contributed by atoms with Crippen LogP contribution in [-0.4, -0.2) is 89.6 Å². The third-order valence-electron chi connectivity index (χ3n) is 6.32. The van der Waals surface area contributed by atoms with Crippen LogP contribution in [-0.2, 0) is 23.9 Å². The lowest BCUT2D eigenvalue weighted by Crippen LogP contribution is -2.54. The van der Waals surface area contributed by atoms with Gasteiger partial charge < -0.3 is 30.7 Å². The molecule has 0 aliphatic carbocycles. The molecule has 0 saturated carbocycles. The highest BCUT2D eigenvalue weighted by Crippen LogP contribution is 2.20. The Morgan fingerprint density at radius 1 is 1.19 bits per heavy atom. The Morgan fingerprint density at radius 3 is 2.31 bits per heavy atom. The molecule has 0 fully saturated rings. The monoisotopic (exact) mass is 512 g/mol. The van der Waals surface area contributed by atoms with Crippen LogP contribution < -0.4 is 11.1 Å². The van der Waals surface area contributed by atoms with E-state index in [0.29, 0.717) is 6.42 Å². The van der Waals surface area contributed by atoms with Gasteiger partial charge in [-0.2, -0.15) is 0 Å². The quantitative estimate of drug-likeness (QED) is 0.238. The lowest BCUT2D eigenvalue weighted by atomic mass is 9.95. The smallest absolute Gasteiger partial charge is 0.245 e. The molecule has 4 atom stereocenters. The van der Waals surface area contributed by atoms with Crippen LogP contribution in [0.3, 0.4) is 0 Å². The number of carbonyl (C=O) groups is 4. The van der Waals surface area contributed by atoms with E-state index < -0.39 is 47.4 Å². The minimum absolute atomic E-state index is 0.0207. The Labute approximate surface area is 216 Å². The molecule has 208 valence electrons. The zero-order chi connectivity index (χ0) is 28.1. The molecule has 10 heteroatoms. The van der Waals surface area contributed by atoms with Crippen LogP contribution >= 0.6 is 0 Å². The Balaban J connectivity index is 5.10. The van der Waals surface area contributed by atoms with Gasteiger partial charge in [0.1, 0.15) is 12.1 Å². The van der Waals surface area contributed by atoms with E-state index in [4.69, 9.17) is 10.5 Å². The number of nitrogens with zero attached hydrogens (tertiary/aromatic N) is 2. The first-order valence-corrected chi connectivity index (χ1v) is 12.7. The summed E-state index contributed by atoms with van der Waals surface area (Å²) in [6.07, 6.45) is 4.00. The molecule has 4 amide bonds. The highest BCUT2D eigenvalue weighted by atomic mass is 16.5. The van der Waals surface area contributed by atoms with Crippen LogP contribution in [0.4, 0.5) is 0 Å². The van der Waals surface area contributed by atoms with Gasteiger partial charge in [0.15, 0.2) is 0 Å². The minimum Gasteiger partial charge on any atom is -0.392 e. The average Bonchev–Trinajstić information content (AvgIpc) is 2.81. The van der Waals surface area contributed by atoms with Crippen molar-refractivity contribution in [2.24, 2.45) is 11.7 Å². The molecule has 10 nitrogen and oxygen atoms in total. The van der Waals surface area contributed by atoms with Gasteiger partial charge in [-0.1, -0.05) is 39.7 Å². The summed E-state index contributed by atoms with van der Waals surface area (Å²) in [6.45, 7) is 12.9. The molecule has 0 heterocycles. The summed E-state index contributed by atoms with van der Waals surface area (Å²) in [6, 6.07) is -1.77. The van der Waals surface area contributed by atoms with Crippen molar-refractivity contribution in [2.45, 2.75) is 96.9 Å². The van der Waals surface area contributed by atoms with Gasteiger partial charge in [-0.05, 0) is 32.6 Å². The fraction of sp³-hybridized carbons (Fsp3) is 0.769. The zero-order valence-corrected chi connectivity index (χ0v) is 23.2. The van der Waals surface area contributed by atoms with Gasteiger partial charge in [-0.15, -0.1) is 6.58 Å². The first-order valence-electron chi connectivity index (χ1n) is 12.7. The van der Waals surface area contributed by atoms with Crippen molar-refractivity contribution in [3.63, 3.8) is 0 Å². The van der Waals surface area contributed by atoms with Crippen molar-refractivity contribution < 1.29 is 29.0 Å². The predicted molar refractivity (Wildman–Crippen MR) is 140 cm³/mol. The molecule has 0 unspecified atom stereocenters. The molecule has 0 aliphatic rings. The maximum absolute atomic E-state index is 12.9. The second-order valence-electron chi connectivity index (χ2n) is 10.1. The van der Waals surface area contributed by atoms with Gasteiger partial charge in [-0.25, -0.2) is 0 Å². The molecule has 0 bridgehead atoms. The molecule has 0 rings (SSSR count). The largest absolute Gasteiger partial charge is 0.392 e. The summed E-state index contributed by atoms with van der Waals surface area (Å²) in [5.74, 6) is -2.03. The van der Waals surface area contributed by atoms with Crippen molar-refractivity contribution in [2.75, 3.05) is 27.2 Å². The van der Waals surface area contributed by atoms with Crippen molar-refractivity contribution in [3.8, 4) is 0 Å². The Kier molecular flexibility index (Phi) is 15.2. The molecule has 0 radical (unpaired) electrons. The number of likely N-dealkylation sites (N-methyl/N-ethyl adjacent to an activating group) is 2. The van der Waals surface area contributed by atoms with Crippen LogP contribution in [0.1, 0.15) is 73.1 Å². The molecule has 0 spiro atoms. The molecule has 0 aromatic heterocycles. The Morgan fingerprint density at radius 2 is 1.81 bits per heavy atom. The summed E-state index contributed by atoms with van der Waals surface area (Å²) in [4.78, 5) is 52.8. The van der Waals surface area contributed by atoms with E-state index in [1.165, 1.54) is 23.9 Å². The van der Waals surface area contributed by atoms with Gasteiger partial charge in [-0.3, -0.25) is 19.2 Å². The predicted octanol–water partition coefficient (Wildman–Crippen LogP) is 1.60. The van der Waals surface area contributed by atoms with E-state index in [1.54, 1.807) is 26.8 Å². The third kappa shape index (κ3) is 12.0. The number of aliphatic hydroxyl groups is 1. The van der Waals surface area contributed by atoms with Gasteiger partial charge in [0.25, 0.3) is 0 Å². The van der Waals surface area contributed by atoms with Crippen molar-refractivity contribution in [1.82, 2.24) is 15.1 Å². The number of amides is 4. The van der Waals surface area contributed by atoms with E-state index in [0.717, 1.165) is 19.3 Å². The van der Waals surface area contributed by atoms with Gasteiger partial charge in [0, 0.05) is 20.5 Å². The standard InChI is InChI=1S/C26H48N4O6/c1-9-12-13-18(4)21(31)15-22(32)28-19(11-3)25(35)29(7)17-23(33)30(8)20(24(27)34)16-26(5,6)36-14-10-2/h10,18-21,31H,2,9,11-17H2,1,3-8H3,(H2,27,34)(H,28,32)/t18-,19+,20+,21+/m1/s1. The van der Waals surface area contributed by atoms with Crippen LogP contribution in [0.5, 0.6) is 0 Å². The van der Waals surface area contributed by atoms with E-state index in [-0.39, 0.29) is 31.9 Å². The molecular formula is C26H48N4O6. The van der Waals surface area contributed by atoms with E-state index in [2.05, 4.69) is 18.8 Å². The summed E-state index contributed by atoms with van der Waals surface area (Å²) in [7, 11) is 2.92. The maximum atomic E-state index is 12.9. The van der Waals surface area contributed by atoms with Crippen LogP contribution in [0, 0.1) is 5.92 Å². The summed E-state index contributed by atoms with van der Waals surface area (Å²) < 4.78 is 5.67. The minimum atomic E-state index is -0.932. The number of hydrogen-bond donors (Lipinski definition) is 3. The van der Waals surface area contributed by atoms with Gasteiger partial charge in [0.05, 0.1) is 31.3 Å². The number of rotatable bonds is 18. The number of aliphatic hydroxyl groups excluding tert-OH is 1. The van der Waals surface area contributed by atoms with Crippen molar-refractivity contribution in [3.05, 3.63) is 12.7 Å². The summed E-state index contributed by atoms with van der Waals surface area (Å²) in [5, 5.41) is 13.0. The van der Waals surface area contributed by atoms with E-state index in [9.17, 15) is 24.3 Å². The number of unbranched alkanes of at least 4 members (excludes halogenated alkanes) is 1. The fourth-order valence-electron chi connectivity index (χ4n) is 3.77. The van der Waals surface area contributed by atoms with Crippen molar-refractivity contribution in [1.29, 1.82) is 0 Å². The second-order valence-corrected chi connectivity index (χ2v) is 10.1. The number of nitrogens with two attached hydrogens (primary N) is 1. The lowest BCUT2D eigenvalue weighted by molar-refractivity contribution is -0.145. The highest BCUT2D eigenvalue weighted by molar-refractivity contribution is 5.92. The SMILES string of the molecule is C=CCOC(C)(C)C[C@@H](C(N)=O)N(C)C(=O)CN(C)C(=O)[C@H](CC)NC(=O)C[C@H](O)[C@H](C)CCCC. The number of nitrogens with one attached hydrogen (secondary N) is 1. The molecule has 4 N–H and O–H groups in total. The maximum Gasteiger partial charge on any atom is 0.245 e. The van der Waals surface area contributed by atoms with Crippen LogP contribution in [0.25, 0.3) is 0 Å². The molecular weight excluding hydrogens is 464 g/mol. The molecule has 0 aliphatic heterocycles. The lowest BCUT2D eigenvalue weighted by Gasteiger charge is -2.34. The first kappa shape index (κ1) is 33.5. The molecule has 0 saturated heterocycles. The van der Waals surface area contributed by atoms with Crippen LogP contribution in [0.15, 0.2) is 12.7 Å². The zero-order valence-electron chi connectivity index (χ0n) is 23.2. The van der Waals surface area contributed by atoms with Crippen LogP contribution in [0.2, 0.25) is 0 Å². The number of carbonyl (C=O) groups excluding carboxylic acids is 4. The van der Waals surface area contributed by atoms with Gasteiger partial charge >= 0.3 is 0 Å². The normalized spacial score (nSPS) is 14.8. The van der Waals surface area contributed by atoms with Crippen molar-refractivity contribution >= 4 is 23.6 Å². The second kappa shape index (κ2) is 16.3. The third-order valence-corrected chi connectivity index (χ3v) is 6.32. The number of hydrogen-bond acceptors (Lipinski definition) is 6. The van der Waals surface area contributed by atoms with E-state index >= 15 is 0 Å². The number of primary amides is 1.